The minimum absolute atomic E-state index is 0.105. The summed E-state index contributed by atoms with van der Waals surface area (Å²) in [5.41, 5.74) is 3.49. The van der Waals surface area contributed by atoms with Crippen molar-refractivity contribution in [3.05, 3.63) is 45.3 Å². The largest absolute Gasteiger partial charge is 0.357 e. The van der Waals surface area contributed by atoms with Gasteiger partial charge < -0.3 is 10.1 Å². The van der Waals surface area contributed by atoms with Gasteiger partial charge in [-0.15, -0.1) is 11.8 Å². The molecule has 0 amide bonds. The van der Waals surface area contributed by atoms with Crippen LogP contribution in [0.5, 0.6) is 0 Å². The van der Waals surface area contributed by atoms with E-state index in [1.807, 2.05) is 4.68 Å². The predicted molar refractivity (Wildman–Crippen MR) is 122 cm³/mol. The van der Waals surface area contributed by atoms with Gasteiger partial charge in [-0.2, -0.15) is 0 Å². The maximum Gasteiger partial charge on any atom is 0.278 e. The normalized spacial score (nSPS) is 19.4. The average Bonchev–Trinajstić information content (AvgIpc) is 3.56. The Morgan fingerprint density at radius 1 is 1.20 bits per heavy atom. The molecule has 0 bridgehead atoms. The quantitative estimate of drug-likeness (QED) is 0.420. The zero-order chi connectivity index (χ0) is 20.8. The third-order valence-corrected chi connectivity index (χ3v) is 6.96. The van der Waals surface area contributed by atoms with E-state index in [0.717, 1.165) is 29.8 Å². The highest BCUT2D eigenvalue weighted by atomic mass is 35.5. The molecule has 1 saturated carbocycles. The van der Waals surface area contributed by atoms with Gasteiger partial charge >= 0.3 is 0 Å². The van der Waals surface area contributed by atoms with Crippen LogP contribution in [0, 0.1) is 0 Å². The van der Waals surface area contributed by atoms with E-state index in [2.05, 4.69) is 34.8 Å². The van der Waals surface area contributed by atoms with E-state index < -0.39 is 0 Å². The van der Waals surface area contributed by atoms with Crippen molar-refractivity contribution >= 4 is 45.8 Å². The number of halogens is 1. The van der Waals surface area contributed by atoms with Gasteiger partial charge in [-0.25, -0.2) is 14.3 Å². The monoisotopic (exact) mass is 444 g/mol. The number of nitrogens with zero attached hydrogens (tertiary/aromatic N) is 3. The number of aromatic nitrogens is 3. The molecule has 30 heavy (non-hydrogen) atoms. The molecule has 2 aromatic heterocycles. The van der Waals surface area contributed by atoms with Gasteiger partial charge in [0.25, 0.3) is 5.56 Å². The lowest BCUT2D eigenvalue weighted by atomic mass is 10.1. The van der Waals surface area contributed by atoms with E-state index >= 15 is 0 Å². The van der Waals surface area contributed by atoms with Gasteiger partial charge in [0.1, 0.15) is 10.5 Å². The van der Waals surface area contributed by atoms with E-state index in [0.29, 0.717) is 34.4 Å². The summed E-state index contributed by atoms with van der Waals surface area (Å²) in [5.74, 6) is 0.698. The van der Waals surface area contributed by atoms with Gasteiger partial charge in [0.2, 0.25) is 0 Å². The SMILES string of the molecule is CSc1cc(C2CC2)ccc1Nc1cc(Cl)nc2c1c(=O)n(C)n2C1CCCCO1. The van der Waals surface area contributed by atoms with Crippen LogP contribution in [0.2, 0.25) is 5.15 Å². The molecule has 3 heterocycles. The summed E-state index contributed by atoms with van der Waals surface area (Å²) in [7, 11) is 1.76. The fourth-order valence-electron chi connectivity index (χ4n) is 4.25. The van der Waals surface area contributed by atoms with Crippen LogP contribution in [0.25, 0.3) is 11.0 Å². The van der Waals surface area contributed by atoms with E-state index in [4.69, 9.17) is 16.3 Å². The minimum atomic E-state index is -0.202. The fraction of sp³-hybridized carbons (Fsp3) is 0.455. The smallest absolute Gasteiger partial charge is 0.278 e. The topological polar surface area (TPSA) is 61.1 Å². The number of fused-ring (bicyclic) bond motifs is 1. The number of thioether (sulfide) groups is 1. The van der Waals surface area contributed by atoms with Crippen LogP contribution >= 0.6 is 23.4 Å². The first kappa shape index (κ1) is 20.0. The predicted octanol–water partition coefficient (Wildman–Crippen LogP) is 5.43. The Labute approximate surface area is 184 Å². The summed E-state index contributed by atoms with van der Waals surface area (Å²) < 4.78 is 9.38. The van der Waals surface area contributed by atoms with Crippen molar-refractivity contribution in [2.75, 3.05) is 18.2 Å². The first-order valence-corrected chi connectivity index (χ1v) is 12.0. The van der Waals surface area contributed by atoms with Crippen LogP contribution in [-0.2, 0) is 11.8 Å². The molecule has 1 aromatic carbocycles. The Morgan fingerprint density at radius 2 is 2.03 bits per heavy atom. The summed E-state index contributed by atoms with van der Waals surface area (Å²) in [6, 6.07) is 8.27. The standard InChI is InChI=1S/C22H25ClN4O2S/c1-26-22(28)20-16(24-15-9-8-14(13-6-7-13)11-17(15)30-2)12-18(23)25-21(20)27(26)19-5-3-4-10-29-19/h8-9,11-13,19H,3-7,10H2,1-2H3,(H,24,25). The van der Waals surface area contributed by atoms with Gasteiger partial charge in [0.15, 0.2) is 11.9 Å². The van der Waals surface area contributed by atoms with E-state index in [1.54, 1.807) is 29.6 Å². The lowest BCUT2D eigenvalue weighted by Crippen LogP contribution is -2.27. The molecule has 1 aliphatic carbocycles. The second kappa shape index (κ2) is 7.94. The van der Waals surface area contributed by atoms with Gasteiger partial charge in [-0.1, -0.05) is 17.7 Å². The molecule has 6 nitrogen and oxygen atoms in total. The highest BCUT2D eigenvalue weighted by molar-refractivity contribution is 7.98. The number of anilines is 2. The highest BCUT2D eigenvalue weighted by Gasteiger charge is 2.26. The van der Waals surface area contributed by atoms with Crippen LogP contribution in [0.3, 0.4) is 0 Å². The number of nitrogens with one attached hydrogen (secondary N) is 1. The van der Waals surface area contributed by atoms with Crippen LogP contribution in [0.1, 0.15) is 49.8 Å². The Kier molecular flexibility index (Phi) is 5.29. The average molecular weight is 445 g/mol. The molecular formula is C22H25ClN4O2S. The molecule has 0 radical (unpaired) electrons. The minimum Gasteiger partial charge on any atom is -0.357 e. The molecule has 8 heteroatoms. The fourth-order valence-corrected chi connectivity index (χ4v) is 5.03. The second-order valence-electron chi connectivity index (χ2n) is 8.04. The molecule has 5 rings (SSSR count). The van der Waals surface area contributed by atoms with Crippen molar-refractivity contribution < 1.29 is 4.74 Å². The van der Waals surface area contributed by atoms with Crippen molar-refractivity contribution in [1.29, 1.82) is 0 Å². The summed E-state index contributed by atoms with van der Waals surface area (Å²) in [6.07, 6.45) is 7.37. The molecule has 1 atom stereocenters. The zero-order valence-corrected chi connectivity index (χ0v) is 18.7. The summed E-state index contributed by atoms with van der Waals surface area (Å²) in [4.78, 5) is 18.8. The van der Waals surface area contributed by atoms with Crippen molar-refractivity contribution in [1.82, 2.24) is 14.3 Å². The summed E-state index contributed by atoms with van der Waals surface area (Å²) in [5, 5.41) is 4.35. The van der Waals surface area contributed by atoms with E-state index in [9.17, 15) is 4.79 Å². The number of benzene rings is 1. The Bertz CT molecular complexity index is 1160. The van der Waals surface area contributed by atoms with Gasteiger partial charge in [0.05, 0.1) is 11.4 Å². The number of hydrogen-bond donors (Lipinski definition) is 1. The molecular weight excluding hydrogens is 420 g/mol. The van der Waals surface area contributed by atoms with Crippen molar-refractivity contribution in [2.24, 2.45) is 7.05 Å². The first-order valence-electron chi connectivity index (χ1n) is 10.4. The van der Waals surface area contributed by atoms with Gasteiger partial charge in [-0.05, 0) is 68.0 Å². The Morgan fingerprint density at radius 3 is 2.73 bits per heavy atom. The third kappa shape index (κ3) is 3.53. The highest BCUT2D eigenvalue weighted by Crippen LogP contribution is 2.43. The van der Waals surface area contributed by atoms with E-state index in [1.165, 1.54) is 18.4 Å². The number of pyridine rings is 1. The van der Waals surface area contributed by atoms with Crippen LogP contribution in [-0.4, -0.2) is 27.2 Å². The van der Waals surface area contributed by atoms with Gasteiger partial charge in [-0.3, -0.25) is 4.79 Å². The molecule has 158 valence electrons. The summed E-state index contributed by atoms with van der Waals surface area (Å²) in [6.45, 7) is 0.689. The molecule has 0 spiro atoms. The zero-order valence-electron chi connectivity index (χ0n) is 17.2. The van der Waals surface area contributed by atoms with Crippen molar-refractivity contribution in [3.8, 4) is 0 Å². The third-order valence-electron chi connectivity index (χ3n) is 5.99. The first-order chi connectivity index (χ1) is 14.6. The number of rotatable bonds is 5. The molecule has 1 saturated heterocycles. The van der Waals surface area contributed by atoms with Crippen molar-refractivity contribution in [2.45, 2.75) is 49.1 Å². The molecule has 2 aliphatic rings. The molecule has 1 N–H and O–H groups in total. The molecule has 2 fully saturated rings. The van der Waals surface area contributed by atoms with Crippen LogP contribution in [0.15, 0.2) is 34.0 Å². The molecule has 1 unspecified atom stereocenters. The summed E-state index contributed by atoms with van der Waals surface area (Å²) >= 11 is 8.09. The lowest BCUT2D eigenvalue weighted by Gasteiger charge is -2.25. The number of hydrogen-bond acceptors (Lipinski definition) is 5. The van der Waals surface area contributed by atoms with Gasteiger partial charge in [0, 0.05) is 18.6 Å². The van der Waals surface area contributed by atoms with Crippen molar-refractivity contribution in [3.63, 3.8) is 0 Å². The maximum absolute atomic E-state index is 13.2. The van der Waals surface area contributed by atoms with E-state index in [-0.39, 0.29) is 11.8 Å². The van der Waals surface area contributed by atoms with Crippen LogP contribution < -0.4 is 10.9 Å². The Hall–Kier alpha value is -1.96. The second-order valence-corrected chi connectivity index (χ2v) is 9.28. The maximum atomic E-state index is 13.2. The number of ether oxygens (including phenoxy) is 1. The van der Waals surface area contributed by atoms with Crippen LogP contribution in [0.4, 0.5) is 11.4 Å². The lowest BCUT2D eigenvalue weighted by molar-refractivity contribution is -0.0431. The molecule has 3 aromatic rings. The Balaban J connectivity index is 1.61. The molecule has 1 aliphatic heterocycles.